The molecule has 0 bridgehead atoms. The first-order chi connectivity index (χ1) is 19.1. The van der Waals surface area contributed by atoms with Gasteiger partial charge in [-0.2, -0.15) is 0 Å². The number of nitrogens with one attached hydrogen (secondary N) is 2. The van der Waals surface area contributed by atoms with Gasteiger partial charge in [0.2, 0.25) is 0 Å². The van der Waals surface area contributed by atoms with Gasteiger partial charge in [-0.25, -0.2) is 0 Å². The highest BCUT2D eigenvalue weighted by molar-refractivity contribution is 5.99. The molecule has 4 aromatic rings. The van der Waals surface area contributed by atoms with Crippen molar-refractivity contribution in [2.24, 2.45) is 0 Å². The minimum atomic E-state index is -0.279. The number of hydrogen-bond acceptors (Lipinski definition) is 4. The number of carbonyl (C=O) groups is 2. The summed E-state index contributed by atoms with van der Waals surface area (Å²) in [5, 5.41) is 6.72. The Morgan fingerprint density at radius 1 is 0.872 bits per heavy atom. The zero-order valence-electron chi connectivity index (χ0n) is 22.0. The molecule has 39 heavy (non-hydrogen) atoms. The molecule has 2 N–H and O–H groups in total. The van der Waals surface area contributed by atoms with Gasteiger partial charge in [0, 0.05) is 42.6 Å². The Balaban J connectivity index is 1.30. The van der Waals surface area contributed by atoms with E-state index in [0.717, 1.165) is 28.8 Å². The second-order valence-corrected chi connectivity index (χ2v) is 9.68. The van der Waals surface area contributed by atoms with Crippen LogP contribution < -0.4 is 10.6 Å². The molecule has 0 fully saturated rings. The summed E-state index contributed by atoms with van der Waals surface area (Å²) >= 11 is 0. The number of carbonyl (C=O) groups excluding carboxylic acids is 2. The molecule has 0 radical (unpaired) electrons. The standard InChI is InChI=1S/C33H33N3O3/c1-39-22-10-21-36-31(28-15-8-9-16-29(28)33(36)38)34-27-19-17-26(18-20-27)32(37)35-30(25-13-6-3-7-14-25)23-24-11-4-2-5-12-24/h2-9,11-20,30-31,34H,10,21-23H2,1H3,(H,35,37). The number of methoxy groups -OCH3 is 1. The van der Waals surface area contributed by atoms with Crippen molar-refractivity contribution >= 4 is 17.5 Å². The molecule has 0 aromatic heterocycles. The third kappa shape index (κ3) is 6.19. The van der Waals surface area contributed by atoms with Crippen molar-refractivity contribution < 1.29 is 14.3 Å². The van der Waals surface area contributed by atoms with Crippen LogP contribution in [0.3, 0.4) is 0 Å². The summed E-state index contributed by atoms with van der Waals surface area (Å²) in [7, 11) is 1.66. The molecule has 6 heteroatoms. The molecule has 6 nitrogen and oxygen atoms in total. The molecule has 2 amide bonds. The molecular weight excluding hydrogens is 486 g/mol. The lowest BCUT2D eigenvalue weighted by Gasteiger charge is -2.27. The Labute approximate surface area is 229 Å². The van der Waals surface area contributed by atoms with Crippen LogP contribution in [0.1, 0.15) is 56.0 Å². The van der Waals surface area contributed by atoms with Gasteiger partial charge < -0.3 is 20.3 Å². The van der Waals surface area contributed by atoms with E-state index in [1.807, 2.05) is 102 Å². The van der Waals surface area contributed by atoms with Gasteiger partial charge in [0.25, 0.3) is 11.8 Å². The van der Waals surface area contributed by atoms with Crippen LogP contribution in [0, 0.1) is 0 Å². The van der Waals surface area contributed by atoms with Crippen molar-refractivity contribution in [1.82, 2.24) is 10.2 Å². The van der Waals surface area contributed by atoms with E-state index < -0.39 is 0 Å². The predicted octanol–water partition coefficient (Wildman–Crippen LogP) is 6.00. The number of hydrogen-bond donors (Lipinski definition) is 2. The first kappa shape index (κ1) is 26.2. The van der Waals surface area contributed by atoms with Crippen LogP contribution in [0.25, 0.3) is 0 Å². The Kier molecular flexibility index (Phi) is 8.34. The second-order valence-electron chi connectivity index (χ2n) is 9.68. The zero-order valence-corrected chi connectivity index (χ0v) is 22.0. The van der Waals surface area contributed by atoms with Crippen molar-refractivity contribution in [2.45, 2.75) is 25.0 Å². The third-order valence-corrected chi connectivity index (χ3v) is 7.05. The van der Waals surface area contributed by atoms with Gasteiger partial charge in [-0.3, -0.25) is 9.59 Å². The molecule has 198 valence electrons. The summed E-state index contributed by atoms with van der Waals surface area (Å²) in [5.41, 5.74) is 5.30. The normalized spacial score (nSPS) is 15.1. The molecule has 5 rings (SSSR count). The van der Waals surface area contributed by atoms with Crippen molar-refractivity contribution in [3.05, 3.63) is 137 Å². The maximum atomic E-state index is 13.3. The molecule has 1 aliphatic rings. The number of fused-ring (bicyclic) bond motifs is 1. The Morgan fingerprint density at radius 2 is 1.54 bits per heavy atom. The predicted molar refractivity (Wildman–Crippen MR) is 154 cm³/mol. The maximum Gasteiger partial charge on any atom is 0.256 e. The smallest absolute Gasteiger partial charge is 0.256 e. The van der Waals surface area contributed by atoms with E-state index in [1.165, 1.54) is 0 Å². The first-order valence-electron chi connectivity index (χ1n) is 13.3. The van der Waals surface area contributed by atoms with Gasteiger partial charge in [-0.1, -0.05) is 78.9 Å². The fourth-order valence-electron chi connectivity index (χ4n) is 5.04. The van der Waals surface area contributed by atoms with Crippen LogP contribution in [-0.4, -0.2) is 37.0 Å². The van der Waals surface area contributed by atoms with Crippen LogP contribution in [0.5, 0.6) is 0 Å². The number of rotatable bonds is 11. The molecule has 1 heterocycles. The van der Waals surface area contributed by atoms with Crippen molar-refractivity contribution in [3.8, 4) is 0 Å². The second kappa shape index (κ2) is 12.4. The number of anilines is 1. The number of amides is 2. The minimum Gasteiger partial charge on any atom is -0.385 e. The quantitative estimate of drug-likeness (QED) is 0.238. The van der Waals surface area contributed by atoms with Crippen LogP contribution >= 0.6 is 0 Å². The van der Waals surface area contributed by atoms with Gasteiger partial charge in [0.05, 0.1) is 6.04 Å². The largest absolute Gasteiger partial charge is 0.385 e. The highest BCUT2D eigenvalue weighted by Crippen LogP contribution is 2.34. The molecule has 1 aliphatic heterocycles. The summed E-state index contributed by atoms with van der Waals surface area (Å²) in [6.07, 6.45) is 1.17. The SMILES string of the molecule is COCCCN1C(=O)c2ccccc2C1Nc1ccc(C(=O)NC(Cc2ccccc2)c2ccccc2)cc1. The van der Waals surface area contributed by atoms with Crippen molar-refractivity contribution in [3.63, 3.8) is 0 Å². The summed E-state index contributed by atoms with van der Waals surface area (Å²) in [4.78, 5) is 28.2. The van der Waals surface area contributed by atoms with E-state index in [9.17, 15) is 9.59 Å². The average Bonchev–Trinajstić information content (AvgIpc) is 3.24. The topological polar surface area (TPSA) is 70.7 Å². The Hall–Kier alpha value is -4.42. The molecule has 4 aromatic carbocycles. The molecule has 0 aliphatic carbocycles. The molecule has 2 unspecified atom stereocenters. The van der Waals surface area contributed by atoms with Crippen LogP contribution in [0.4, 0.5) is 5.69 Å². The number of nitrogens with zero attached hydrogens (tertiary/aromatic N) is 1. The summed E-state index contributed by atoms with van der Waals surface area (Å²) < 4.78 is 5.20. The summed E-state index contributed by atoms with van der Waals surface area (Å²) in [6.45, 7) is 1.17. The van der Waals surface area contributed by atoms with E-state index in [-0.39, 0.29) is 24.0 Å². The molecule has 2 atom stereocenters. The van der Waals surface area contributed by atoms with Crippen molar-refractivity contribution in [1.29, 1.82) is 0 Å². The molecular formula is C33H33N3O3. The van der Waals surface area contributed by atoms with Gasteiger partial charge in [-0.15, -0.1) is 0 Å². The number of benzene rings is 4. The number of ether oxygens (including phenoxy) is 1. The van der Waals surface area contributed by atoms with Gasteiger partial charge in [0.1, 0.15) is 6.17 Å². The third-order valence-electron chi connectivity index (χ3n) is 7.05. The highest BCUT2D eigenvalue weighted by atomic mass is 16.5. The van der Waals surface area contributed by atoms with E-state index in [2.05, 4.69) is 22.8 Å². The van der Waals surface area contributed by atoms with Gasteiger partial charge in [0.15, 0.2) is 0 Å². The average molecular weight is 520 g/mol. The van der Waals surface area contributed by atoms with E-state index >= 15 is 0 Å². The fourth-order valence-corrected chi connectivity index (χ4v) is 5.04. The zero-order chi connectivity index (χ0) is 27.0. The lowest BCUT2D eigenvalue weighted by molar-refractivity contribution is 0.0721. The first-order valence-corrected chi connectivity index (χ1v) is 13.3. The van der Waals surface area contributed by atoms with Crippen LogP contribution in [-0.2, 0) is 11.2 Å². The lowest BCUT2D eigenvalue weighted by Crippen LogP contribution is -2.33. The highest BCUT2D eigenvalue weighted by Gasteiger charge is 2.36. The monoisotopic (exact) mass is 519 g/mol. The fraction of sp³-hybridized carbons (Fsp3) is 0.212. The van der Waals surface area contributed by atoms with E-state index in [0.29, 0.717) is 30.7 Å². The van der Waals surface area contributed by atoms with E-state index in [4.69, 9.17) is 4.74 Å². The Bertz CT molecular complexity index is 1390. The lowest BCUT2D eigenvalue weighted by atomic mass is 9.98. The summed E-state index contributed by atoms with van der Waals surface area (Å²) in [5.74, 6) is -0.116. The summed E-state index contributed by atoms with van der Waals surface area (Å²) in [6, 6.07) is 35.2. The molecule has 0 saturated carbocycles. The van der Waals surface area contributed by atoms with Crippen LogP contribution in [0.2, 0.25) is 0 Å². The van der Waals surface area contributed by atoms with Gasteiger partial charge in [-0.05, 0) is 54.3 Å². The maximum absolute atomic E-state index is 13.3. The van der Waals surface area contributed by atoms with Crippen molar-refractivity contribution in [2.75, 3.05) is 25.6 Å². The molecule has 0 saturated heterocycles. The minimum absolute atomic E-state index is 0.0144. The molecule has 0 spiro atoms. The van der Waals surface area contributed by atoms with Crippen LogP contribution in [0.15, 0.2) is 109 Å². The van der Waals surface area contributed by atoms with E-state index in [1.54, 1.807) is 7.11 Å². The van der Waals surface area contributed by atoms with Gasteiger partial charge >= 0.3 is 0 Å². The Morgan fingerprint density at radius 3 is 2.26 bits per heavy atom.